The molecular formula is C17H15ClN2O. The molecule has 1 aliphatic rings. The number of pyridine rings is 1. The Labute approximate surface area is 127 Å². The molecule has 1 fully saturated rings. The molecule has 0 aliphatic carbocycles. The fraction of sp³-hybridized carbons (Fsp3) is 0.235. The normalized spacial score (nSPS) is 15.2. The average molecular weight is 299 g/mol. The molecule has 4 heteroatoms. The summed E-state index contributed by atoms with van der Waals surface area (Å²) in [5.74, 6) is 0. The zero-order valence-electron chi connectivity index (χ0n) is 11.5. The summed E-state index contributed by atoms with van der Waals surface area (Å²) in [6.45, 7) is 2.11. The summed E-state index contributed by atoms with van der Waals surface area (Å²) in [5.41, 5.74) is 2.93. The van der Waals surface area contributed by atoms with E-state index >= 15 is 0 Å². The molecule has 2 aromatic carbocycles. The third-order valence-corrected chi connectivity index (χ3v) is 4.45. The van der Waals surface area contributed by atoms with Gasteiger partial charge in [-0.25, -0.2) is 0 Å². The quantitative estimate of drug-likeness (QED) is 0.691. The first-order valence-electron chi connectivity index (χ1n) is 7.23. The van der Waals surface area contributed by atoms with Crippen LogP contribution in [0, 0.1) is 0 Å². The molecule has 106 valence electrons. The molecule has 0 spiro atoms. The van der Waals surface area contributed by atoms with Crippen molar-refractivity contribution in [1.29, 1.82) is 0 Å². The van der Waals surface area contributed by atoms with Gasteiger partial charge in [0.2, 0.25) is 0 Å². The topological polar surface area (TPSA) is 36.1 Å². The second-order valence-electron chi connectivity index (χ2n) is 5.54. The minimum atomic E-state index is 0.0438. The molecular weight excluding hydrogens is 284 g/mol. The van der Waals surface area contributed by atoms with Crippen molar-refractivity contribution < 1.29 is 0 Å². The van der Waals surface area contributed by atoms with E-state index in [0.29, 0.717) is 10.4 Å². The van der Waals surface area contributed by atoms with Gasteiger partial charge in [-0.3, -0.25) is 4.79 Å². The third kappa shape index (κ3) is 2.00. The average Bonchev–Trinajstić information content (AvgIpc) is 3.02. The number of para-hydroxylation sites is 1. The highest BCUT2D eigenvalue weighted by Gasteiger charge is 2.16. The summed E-state index contributed by atoms with van der Waals surface area (Å²) in [4.78, 5) is 18.5. The van der Waals surface area contributed by atoms with Gasteiger partial charge in [-0.1, -0.05) is 17.7 Å². The first-order chi connectivity index (χ1) is 10.2. The summed E-state index contributed by atoms with van der Waals surface area (Å²) in [6.07, 6.45) is 2.42. The van der Waals surface area contributed by atoms with E-state index in [1.165, 1.54) is 12.8 Å². The SMILES string of the molecule is O=c1c2cc(Cl)ccc2[nH]c2c(N3CCCC3)cccc12. The van der Waals surface area contributed by atoms with E-state index in [9.17, 15) is 4.79 Å². The van der Waals surface area contributed by atoms with E-state index in [1.807, 2.05) is 24.3 Å². The molecule has 3 aromatic rings. The Morgan fingerprint density at radius 3 is 2.67 bits per heavy atom. The van der Waals surface area contributed by atoms with Crippen molar-refractivity contribution in [3.05, 3.63) is 51.6 Å². The second kappa shape index (κ2) is 4.78. The van der Waals surface area contributed by atoms with Crippen LogP contribution in [0.15, 0.2) is 41.2 Å². The van der Waals surface area contributed by atoms with Crippen LogP contribution in [0.5, 0.6) is 0 Å². The van der Waals surface area contributed by atoms with Crippen LogP contribution in [-0.4, -0.2) is 18.1 Å². The van der Waals surface area contributed by atoms with Crippen molar-refractivity contribution in [3.8, 4) is 0 Å². The van der Waals surface area contributed by atoms with Gasteiger partial charge >= 0.3 is 0 Å². The summed E-state index contributed by atoms with van der Waals surface area (Å²) >= 11 is 6.02. The highest BCUT2D eigenvalue weighted by atomic mass is 35.5. The van der Waals surface area contributed by atoms with Crippen LogP contribution in [-0.2, 0) is 0 Å². The molecule has 0 saturated carbocycles. The highest BCUT2D eigenvalue weighted by molar-refractivity contribution is 6.31. The van der Waals surface area contributed by atoms with Gasteiger partial charge in [-0.15, -0.1) is 0 Å². The third-order valence-electron chi connectivity index (χ3n) is 4.22. The van der Waals surface area contributed by atoms with Gasteiger partial charge in [0.25, 0.3) is 0 Å². The number of nitrogens with one attached hydrogen (secondary N) is 1. The predicted octanol–water partition coefficient (Wildman–Crippen LogP) is 3.93. The Bertz CT molecular complexity index is 894. The summed E-state index contributed by atoms with van der Waals surface area (Å²) in [7, 11) is 0. The van der Waals surface area contributed by atoms with E-state index in [2.05, 4.69) is 16.0 Å². The lowest BCUT2D eigenvalue weighted by molar-refractivity contribution is 0.949. The highest BCUT2D eigenvalue weighted by Crippen LogP contribution is 2.28. The number of anilines is 1. The van der Waals surface area contributed by atoms with Crippen LogP contribution in [0.4, 0.5) is 5.69 Å². The lowest BCUT2D eigenvalue weighted by Gasteiger charge is -2.19. The number of H-pyrrole nitrogens is 1. The number of rotatable bonds is 1. The molecule has 3 nitrogen and oxygen atoms in total. The molecule has 0 atom stereocenters. The first kappa shape index (κ1) is 12.7. The molecule has 1 aromatic heterocycles. The second-order valence-corrected chi connectivity index (χ2v) is 5.97. The lowest BCUT2D eigenvalue weighted by Crippen LogP contribution is -2.19. The van der Waals surface area contributed by atoms with Gasteiger partial charge in [0, 0.05) is 34.4 Å². The van der Waals surface area contributed by atoms with Gasteiger partial charge in [0.1, 0.15) is 0 Å². The maximum Gasteiger partial charge on any atom is 0.197 e. The van der Waals surface area contributed by atoms with Crippen molar-refractivity contribution in [2.75, 3.05) is 18.0 Å². The number of aromatic amines is 1. The molecule has 1 N–H and O–H groups in total. The molecule has 0 unspecified atom stereocenters. The number of benzene rings is 2. The van der Waals surface area contributed by atoms with Gasteiger partial charge in [-0.2, -0.15) is 0 Å². The summed E-state index contributed by atoms with van der Waals surface area (Å²) < 4.78 is 0. The Kier molecular flexibility index (Phi) is 2.89. The molecule has 21 heavy (non-hydrogen) atoms. The molecule has 0 bridgehead atoms. The van der Waals surface area contributed by atoms with Crippen LogP contribution in [0.25, 0.3) is 21.8 Å². The van der Waals surface area contributed by atoms with Gasteiger partial charge in [0.05, 0.1) is 11.2 Å². The Morgan fingerprint density at radius 2 is 1.86 bits per heavy atom. The number of halogens is 1. The van der Waals surface area contributed by atoms with E-state index in [1.54, 1.807) is 6.07 Å². The minimum absolute atomic E-state index is 0.0438. The summed E-state index contributed by atoms with van der Waals surface area (Å²) in [5, 5.41) is 1.96. The smallest absolute Gasteiger partial charge is 0.197 e. The zero-order valence-corrected chi connectivity index (χ0v) is 12.3. The molecule has 1 aliphatic heterocycles. The maximum atomic E-state index is 12.7. The van der Waals surface area contributed by atoms with Crippen LogP contribution in [0.2, 0.25) is 5.02 Å². The number of aromatic nitrogens is 1. The van der Waals surface area contributed by atoms with Crippen molar-refractivity contribution in [3.63, 3.8) is 0 Å². The van der Waals surface area contributed by atoms with Crippen molar-refractivity contribution in [1.82, 2.24) is 4.98 Å². The minimum Gasteiger partial charge on any atom is -0.370 e. The van der Waals surface area contributed by atoms with Gasteiger partial charge in [-0.05, 0) is 43.2 Å². The Hall–Kier alpha value is -2.00. The summed E-state index contributed by atoms with van der Waals surface area (Å²) in [6, 6.07) is 11.3. The van der Waals surface area contributed by atoms with E-state index in [0.717, 1.165) is 35.2 Å². The monoisotopic (exact) mass is 298 g/mol. The van der Waals surface area contributed by atoms with Crippen molar-refractivity contribution >= 4 is 39.1 Å². The van der Waals surface area contributed by atoms with Crippen LogP contribution >= 0.6 is 11.6 Å². The van der Waals surface area contributed by atoms with E-state index in [4.69, 9.17) is 11.6 Å². The molecule has 0 radical (unpaired) electrons. The molecule has 1 saturated heterocycles. The fourth-order valence-corrected chi connectivity index (χ4v) is 3.35. The largest absolute Gasteiger partial charge is 0.370 e. The van der Waals surface area contributed by atoms with Crippen molar-refractivity contribution in [2.24, 2.45) is 0 Å². The lowest BCUT2D eigenvalue weighted by atomic mass is 10.1. The Morgan fingerprint density at radius 1 is 1.05 bits per heavy atom. The number of fused-ring (bicyclic) bond motifs is 2. The maximum absolute atomic E-state index is 12.7. The molecule has 4 rings (SSSR count). The number of hydrogen-bond acceptors (Lipinski definition) is 2. The van der Waals surface area contributed by atoms with Crippen LogP contribution in [0.3, 0.4) is 0 Å². The number of nitrogens with zero attached hydrogens (tertiary/aromatic N) is 1. The van der Waals surface area contributed by atoms with E-state index < -0.39 is 0 Å². The standard InChI is InChI=1S/C17H15ClN2O/c18-11-6-7-14-13(10-11)17(21)12-4-3-5-15(16(12)19-14)20-8-1-2-9-20/h3-7,10H,1-2,8-9H2,(H,19,21). The van der Waals surface area contributed by atoms with Crippen molar-refractivity contribution in [2.45, 2.75) is 12.8 Å². The first-order valence-corrected chi connectivity index (χ1v) is 7.61. The Balaban J connectivity index is 2.08. The number of hydrogen-bond donors (Lipinski definition) is 1. The molecule has 2 heterocycles. The van der Waals surface area contributed by atoms with E-state index in [-0.39, 0.29) is 5.43 Å². The van der Waals surface area contributed by atoms with Crippen LogP contribution in [0.1, 0.15) is 12.8 Å². The van der Waals surface area contributed by atoms with Gasteiger partial charge in [0.15, 0.2) is 5.43 Å². The van der Waals surface area contributed by atoms with Gasteiger partial charge < -0.3 is 9.88 Å². The zero-order chi connectivity index (χ0) is 14.4. The fourth-order valence-electron chi connectivity index (χ4n) is 3.18. The predicted molar refractivity (Wildman–Crippen MR) is 88.5 cm³/mol. The molecule has 0 amide bonds. The van der Waals surface area contributed by atoms with Crippen LogP contribution < -0.4 is 10.3 Å².